The molecule has 1 unspecified atom stereocenters. The molecule has 2 aliphatic rings. The normalized spacial score (nSPS) is 19.0. The molecule has 1 heterocycles. The number of benzene rings is 1. The van der Waals surface area contributed by atoms with Gasteiger partial charge in [-0.05, 0) is 49.1 Å². The van der Waals surface area contributed by atoms with Crippen molar-refractivity contribution in [2.45, 2.75) is 45.6 Å². The van der Waals surface area contributed by atoms with Crippen LogP contribution in [0.25, 0.3) is 0 Å². The summed E-state index contributed by atoms with van der Waals surface area (Å²) < 4.78 is 0. The van der Waals surface area contributed by atoms with E-state index in [-0.39, 0.29) is 17.4 Å². The molecular formula is C19H26N2O4. The van der Waals surface area contributed by atoms with Crippen LogP contribution < -0.4 is 10.8 Å². The van der Waals surface area contributed by atoms with Crippen molar-refractivity contribution in [1.82, 2.24) is 10.8 Å². The monoisotopic (exact) mass is 346 g/mol. The summed E-state index contributed by atoms with van der Waals surface area (Å²) in [7, 11) is 0. The molecule has 0 aromatic heterocycles. The number of ketones is 1. The number of carbonyl (C=O) groups is 2. The average Bonchev–Trinajstić information content (AvgIpc) is 3.00. The van der Waals surface area contributed by atoms with Gasteiger partial charge in [-0.3, -0.25) is 9.59 Å². The lowest BCUT2D eigenvalue weighted by molar-refractivity contribution is -0.119. The van der Waals surface area contributed by atoms with Crippen LogP contribution >= 0.6 is 0 Å². The molecule has 1 saturated carbocycles. The Labute approximate surface area is 148 Å². The summed E-state index contributed by atoms with van der Waals surface area (Å²) in [4.78, 5) is 27.0. The predicted molar refractivity (Wildman–Crippen MR) is 94.8 cm³/mol. The minimum Gasteiger partial charge on any atom is -0.508 e. The number of phenols is 1. The van der Waals surface area contributed by atoms with Gasteiger partial charge in [-0.1, -0.05) is 13.3 Å². The largest absolute Gasteiger partial charge is 0.508 e. The highest BCUT2D eigenvalue weighted by Gasteiger charge is 2.30. The third-order valence-electron chi connectivity index (χ3n) is 4.37. The van der Waals surface area contributed by atoms with E-state index in [1.165, 1.54) is 38.3 Å². The molecule has 136 valence electrons. The van der Waals surface area contributed by atoms with E-state index < -0.39 is 0 Å². The molecule has 1 amide bonds. The molecule has 6 heteroatoms. The van der Waals surface area contributed by atoms with Crippen molar-refractivity contribution in [2.75, 3.05) is 6.54 Å². The summed E-state index contributed by atoms with van der Waals surface area (Å²) in [6, 6.07) is 6.64. The third kappa shape index (κ3) is 5.90. The quantitative estimate of drug-likeness (QED) is 0.714. The molecule has 1 aromatic carbocycles. The summed E-state index contributed by atoms with van der Waals surface area (Å²) in [6.45, 7) is 3.81. The van der Waals surface area contributed by atoms with Gasteiger partial charge in [0.15, 0.2) is 5.78 Å². The molecule has 1 atom stereocenters. The first kappa shape index (κ1) is 19.0. The van der Waals surface area contributed by atoms with Crippen LogP contribution in [0.2, 0.25) is 0 Å². The van der Waals surface area contributed by atoms with Crippen molar-refractivity contribution < 1.29 is 19.5 Å². The molecule has 3 rings (SSSR count). The summed E-state index contributed by atoms with van der Waals surface area (Å²) in [5.74, 6) is 1.83. The summed E-state index contributed by atoms with van der Waals surface area (Å²) in [5.41, 5.74) is 3.65. The fraction of sp³-hybridized carbons (Fsp3) is 0.474. The number of hydroxylamine groups is 1. The number of aromatic hydroxyl groups is 1. The second kappa shape index (κ2) is 9.22. The molecular weight excluding hydrogens is 320 g/mol. The van der Waals surface area contributed by atoms with E-state index in [0.29, 0.717) is 24.6 Å². The molecule has 0 saturated heterocycles. The number of nitrogens with one attached hydrogen (secondary N) is 2. The highest BCUT2D eigenvalue weighted by atomic mass is 16.7. The standard InChI is InChI=1S/C10H16N2O2.C9H10O2/c1-7(13)11-6-9-5-10(12-14-9)8-3-2-4-8;1-2-9(11)7-3-5-8(10)6-4-7/h5,8,10,12H,2-4,6H2,1H3,(H,11,13);3-6,10H,2H2,1H3. The van der Waals surface area contributed by atoms with Crippen LogP contribution in [0, 0.1) is 5.92 Å². The second-order valence-corrected chi connectivity index (χ2v) is 6.30. The number of hydrogen-bond donors (Lipinski definition) is 3. The minimum atomic E-state index is -0.0263. The maximum atomic E-state index is 11.0. The molecule has 0 radical (unpaired) electrons. The summed E-state index contributed by atoms with van der Waals surface area (Å²) >= 11 is 0. The Morgan fingerprint density at radius 3 is 2.48 bits per heavy atom. The lowest BCUT2D eigenvalue weighted by atomic mass is 9.80. The first-order valence-corrected chi connectivity index (χ1v) is 8.69. The Morgan fingerprint density at radius 1 is 1.28 bits per heavy atom. The van der Waals surface area contributed by atoms with Gasteiger partial charge in [0.2, 0.25) is 5.91 Å². The van der Waals surface area contributed by atoms with Gasteiger partial charge >= 0.3 is 0 Å². The van der Waals surface area contributed by atoms with Crippen LogP contribution in [0.1, 0.15) is 49.9 Å². The maximum absolute atomic E-state index is 11.0. The number of amides is 1. The Morgan fingerprint density at radius 2 is 1.96 bits per heavy atom. The number of Topliss-reactive ketones (excluding diaryl/α,β-unsaturated/α-hetero) is 1. The highest BCUT2D eigenvalue weighted by Crippen LogP contribution is 2.32. The van der Waals surface area contributed by atoms with Gasteiger partial charge in [0.05, 0.1) is 12.6 Å². The first-order chi connectivity index (χ1) is 12.0. The Kier molecular flexibility index (Phi) is 7.01. The second-order valence-electron chi connectivity index (χ2n) is 6.30. The van der Waals surface area contributed by atoms with Gasteiger partial charge in [-0.2, -0.15) is 0 Å². The van der Waals surface area contributed by atoms with Crippen molar-refractivity contribution in [3.8, 4) is 5.75 Å². The van der Waals surface area contributed by atoms with Crippen LogP contribution in [0.15, 0.2) is 36.1 Å². The molecule has 1 aromatic rings. The van der Waals surface area contributed by atoms with E-state index in [1.54, 1.807) is 12.1 Å². The first-order valence-electron chi connectivity index (χ1n) is 8.69. The molecule has 0 bridgehead atoms. The van der Waals surface area contributed by atoms with Gasteiger partial charge in [-0.15, -0.1) is 5.48 Å². The number of phenolic OH excluding ortho intramolecular Hbond substituents is 1. The molecule has 1 fully saturated rings. The van der Waals surface area contributed by atoms with Crippen molar-refractivity contribution in [1.29, 1.82) is 0 Å². The van der Waals surface area contributed by atoms with E-state index in [9.17, 15) is 9.59 Å². The van der Waals surface area contributed by atoms with Crippen LogP contribution in [0.5, 0.6) is 5.75 Å². The zero-order valence-corrected chi connectivity index (χ0v) is 14.7. The topological polar surface area (TPSA) is 87.7 Å². The minimum absolute atomic E-state index is 0.0263. The van der Waals surface area contributed by atoms with Crippen LogP contribution in [-0.4, -0.2) is 29.4 Å². The number of rotatable bonds is 5. The lowest BCUT2D eigenvalue weighted by Gasteiger charge is -2.28. The molecule has 3 N–H and O–H groups in total. The molecule has 25 heavy (non-hydrogen) atoms. The molecule has 6 nitrogen and oxygen atoms in total. The molecule has 0 spiro atoms. The maximum Gasteiger partial charge on any atom is 0.217 e. The lowest BCUT2D eigenvalue weighted by Crippen LogP contribution is -2.34. The molecule has 1 aliphatic heterocycles. The van der Waals surface area contributed by atoms with E-state index in [4.69, 9.17) is 9.94 Å². The Balaban J connectivity index is 0.000000186. The van der Waals surface area contributed by atoms with Gasteiger partial charge < -0.3 is 15.3 Å². The van der Waals surface area contributed by atoms with Crippen LogP contribution in [-0.2, 0) is 9.63 Å². The van der Waals surface area contributed by atoms with Crippen molar-refractivity contribution >= 4 is 11.7 Å². The summed E-state index contributed by atoms with van der Waals surface area (Å²) in [6.07, 6.45) is 6.48. The zero-order chi connectivity index (χ0) is 18.2. The van der Waals surface area contributed by atoms with Crippen molar-refractivity contribution in [2.24, 2.45) is 5.92 Å². The number of hydrogen-bond acceptors (Lipinski definition) is 5. The van der Waals surface area contributed by atoms with Gasteiger partial charge in [0.1, 0.15) is 11.5 Å². The molecule has 1 aliphatic carbocycles. The summed E-state index contributed by atoms with van der Waals surface area (Å²) in [5, 5.41) is 11.6. The van der Waals surface area contributed by atoms with E-state index >= 15 is 0 Å². The SMILES string of the molecule is CC(=O)NCC1=CC(C2CCC2)NO1.CCC(=O)c1ccc(O)cc1. The van der Waals surface area contributed by atoms with Crippen molar-refractivity contribution in [3.05, 3.63) is 41.7 Å². The van der Waals surface area contributed by atoms with Crippen molar-refractivity contribution in [3.63, 3.8) is 0 Å². The Hall–Kier alpha value is -2.34. The highest BCUT2D eigenvalue weighted by molar-refractivity contribution is 5.95. The Bertz CT molecular complexity index is 621. The average molecular weight is 346 g/mol. The van der Waals surface area contributed by atoms with Crippen LogP contribution in [0.4, 0.5) is 0 Å². The van der Waals surface area contributed by atoms with Gasteiger partial charge in [0.25, 0.3) is 0 Å². The fourth-order valence-corrected chi connectivity index (χ4v) is 2.60. The van der Waals surface area contributed by atoms with Crippen LogP contribution in [0.3, 0.4) is 0 Å². The number of carbonyl (C=O) groups excluding carboxylic acids is 2. The van der Waals surface area contributed by atoms with E-state index in [1.807, 2.05) is 6.92 Å². The van der Waals surface area contributed by atoms with Gasteiger partial charge in [0, 0.05) is 18.9 Å². The smallest absolute Gasteiger partial charge is 0.217 e. The zero-order valence-electron chi connectivity index (χ0n) is 14.7. The third-order valence-corrected chi connectivity index (χ3v) is 4.37. The van der Waals surface area contributed by atoms with E-state index in [2.05, 4.69) is 16.9 Å². The van der Waals surface area contributed by atoms with E-state index in [0.717, 1.165) is 11.7 Å². The van der Waals surface area contributed by atoms with Gasteiger partial charge in [-0.25, -0.2) is 0 Å². The fourth-order valence-electron chi connectivity index (χ4n) is 2.60. The predicted octanol–water partition coefficient (Wildman–Crippen LogP) is 2.69.